The summed E-state index contributed by atoms with van der Waals surface area (Å²) in [6, 6.07) is 3.39. The molecule has 2 amide bonds. The van der Waals surface area contributed by atoms with Crippen molar-refractivity contribution in [1.82, 2.24) is 4.90 Å². The number of carbonyl (C=O) groups excluding carboxylic acids is 2. The number of hydrogen-bond donors (Lipinski definition) is 1. The van der Waals surface area contributed by atoms with E-state index in [0.29, 0.717) is 25.9 Å². The molecule has 1 aliphatic heterocycles. The highest BCUT2D eigenvalue weighted by atomic mass is 19.1. The topological polar surface area (TPSA) is 49.4 Å². The minimum absolute atomic E-state index is 0.200. The molecule has 0 unspecified atom stereocenters. The second kappa shape index (κ2) is 6.26. The van der Waals surface area contributed by atoms with Gasteiger partial charge >= 0.3 is 0 Å². The van der Waals surface area contributed by atoms with Crippen LogP contribution in [0.15, 0.2) is 18.2 Å². The van der Waals surface area contributed by atoms with Crippen molar-refractivity contribution in [1.29, 1.82) is 0 Å². The summed E-state index contributed by atoms with van der Waals surface area (Å²) in [6.07, 6.45) is 4.91. The van der Waals surface area contributed by atoms with Crippen molar-refractivity contribution >= 4 is 17.5 Å². The molecule has 1 saturated heterocycles. The first-order valence-corrected chi connectivity index (χ1v) is 8.09. The van der Waals surface area contributed by atoms with Gasteiger partial charge in [-0.05, 0) is 37.8 Å². The Morgan fingerprint density at radius 1 is 1.00 bits per heavy atom. The molecule has 4 nitrogen and oxygen atoms in total. The van der Waals surface area contributed by atoms with E-state index in [4.69, 9.17) is 0 Å². The summed E-state index contributed by atoms with van der Waals surface area (Å²) >= 11 is 0. The van der Waals surface area contributed by atoms with Gasteiger partial charge < -0.3 is 10.2 Å². The zero-order valence-corrected chi connectivity index (χ0v) is 12.9. The summed E-state index contributed by atoms with van der Waals surface area (Å²) in [4.78, 5) is 26.9. The second-order valence-electron chi connectivity index (χ2n) is 6.34. The lowest BCUT2D eigenvalue weighted by Gasteiger charge is -2.25. The van der Waals surface area contributed by atoms with Crippen LogP contribution in [-0.4, -0.2) is 29.8 Å². The van der Waals surface area contributed by atoms with E-state index < -0.39 is 28.6 Å². The molecule has 1 heterocycles. The van der Waals surface area contributed by atoms with E-state index in [0.717, 1.165) is 37.8 Å². The molecule has 1 aliphatic carbocycles. The van der Waals surface area contributed by atoms with Crippen molar-refractivity contribution in [3.8, 4) is 0 Å². The Kier molecular flexibility index (Phi) is 4.33. The first kappa shape index (κ1) is 15.9. The Morgan fingerprint density at radius 3 is 2.09 bits per heavy atom. The minimum Gasteiger partial charge on any atom is -0.342 e. The third-order valence-electron chi connectivity index (χ3n) is 4.69. The molecule has 0 bridgehead atoms. The van der Waals surface area contributed by atoms with Crippen LogP contribution in [0.5, 0.6) is 0 Å². The molecule has 1 saturated carbocycles. The first-order valence-electron chi connectivity index (χ1n) is 8.09. The smallest absolute Gasteiger partial charge is 0.240 e. The van der Waals surface area contributed by atoms with E-state index in [1.165, 1.54) is 6.07 Å². The molecule has 124 valence electrons. The fourth-order valence-corrected chi connectivity index (χ4v) is 3.09. The lowest BCUT2D eigenvalue weighted by molar-refractivity contribution is -0.142. The van der Waals surface area contributed by atoms with Crippen LogP contribution in [0.4, 0.5) is 14.5 Å². The lowest BCUT2D eigenvalue weighted by atomic mass is 10.0. The van der Waals surface area contributed by atoms with E-state index in [9.17, 15) is 18.4 Å². The minimum atomic E-state index is -1.14. The molecule has 0 radical (unpaired) electrons. The van der Waals surface area contributed by atoms with E-state index in [2.05, 4.69) is 5.32 Å². The molecule has 6 heteroatoms. The van der Waals surface area contributed by atoms with E-state index in [-0.39, 0.29) is 5.91 Å². The van der Waals surface area contributed by atoms with Gasteiger partial charge in [0.1, 0.15) is 22.7 Å². The van der Waals surface area contributed by atoms with Gasteiger partial charge in [-0.25, -0.2) is 8.78 Å². The van der Waals surface area contributed by atoms with Gasteiger partial charge in [0.2, 0.25) is 11.8 Å². The number of nitrogens with zero attached hydrogens (tertiary/aromatic N) is 1. The Bertz CT molecular complexity index is 601. The fourth-order valence-electron chi connectivity index (χ4n) is 3.09. The summed E-state index contributed by atoms with van der Waals surface area (Å²) in [7, 11) is 0. The maximum Gasteiger partial charge on any atom is 0.240 e. The Balaban J connectivity index is 1.74. The van der Waals surface area contributed by atoms with Gasteiger partial charge in [-0.2, -0.15) is 0 Å². The van der Waals surface area contributed by atoms with Gasteiger partial charge in [0.15, 0.2) is 0 Å². The zero-order valence-electron chi connectivity index (χ0n) is 12.9. The van der Waals surface area contributed by atoms with Crippen LogP contribution in [0.3, 0.4) is 0 Å². The highest BCUT2D eigenvalue weighted by Crippen LogP contribution is 2.48. The van der Waals surface area contributed by atoms with Crippen molar-refractivity contribution in [2.45, 2.75) is 38.5 Å². The monoisotopic (exact) mass is 322 g/mol. The van der Waals surface area contributed by atoms with Gasteiger partial charge in [0.25, 0.3) is 0 Å². The number of halogens is 2. The number of hydrogen-bond acceptors (Lipinski definition) is 2. The molecule has 23 heavy (non-hydrogen) atoms. The maximum absolute atomic E-state index is 13.7. The third kappa shape index (κ3) is 3.07. The van der Waals surface area contributed by atoms with Crippen molar-refractivity contribution < 1.29 is 18.4 Å². The molecule has 0 atom stereocenters. The van der Waals surface area contributed by atoms with Crippen molar-refractivity contribution in [3.63, 3.8) is 0 Å². The van der Waals surface area contributed by atoms with Gasteiger partial charge in [-0.15, -0.1) is 0 Å². The Labute approximate surface area is 133 Å². The average Bonchev–Trinajstić information content (AvgIpc) is 3.34. The summed E-state index contributed by atoms with van der Waals surface area (Å²) < 4.78 is 27.4. The molecule has 2 fully saturated rings. The van der Waals surface area contributed by atoms with Crippen molar-refractivity contribution in [3.05, 3.63) is 29.8 Å². The van der Waals surface area contributed by atoms with Crippen LogP contribution in [0, 0.1) is 17.0 Å². The van der Waals surface area contributed by atoms with Gasteiger partial charge in [-0.3, -0.25) is 9.59 Å². The Morgan fingerprint density at radius 2 is 1.57 bits per heavy atom. The first-order chi connectivity index (χ1) is 11.0. The van der Waals surface area contributed by atoms with Gasteiger partial charge in [0.05, 0.1) is 0 Å². The standard InChI is InChI=1S/C17H20F2N2O2/c18-12-6-5-7-13(19)14(12)20-15(22)17(8-9-17)16(23)21-10-3-1-2-4-11-21/h5-7H,1-4,8-11H2,(H,20,22). The van der Waals surface area contributed by atoms with Crippen molar-refractivity contribution in [2.75, 3.05) is 18.4 Å². The number of para-hydroxylation sites is 1. The van der Waals surface area contributed by atoms with E-state index >= 15 is 0 Å². The summed E-state index contributed by atoms with van der Waals surface area (Å²) in [5.41, 5.74) is -1.62. The number of amides is 2. The molecule has 1 aromatic carbocycles. The normalized spacial score (nSPS) is 19.8. The van der Waals surface area contributed by atoms with Crippen LogP contribution in [0.1, 0.15) is 38.5 Å². The van der Waals surface area contributed by atoms with E-state index in [1.807, 2.05) is 0 Å². The maximum atomic E-state index is 13.7. The summed E-state index contributed by atoms with van der Waals surface area (Å²) in [5, 5.41) is 2.28. The molecular weight excluding hydrogens is 302 g/mol. The number of likely N-dealkylation sites (tertiary alicyclic amines) is 1. The molecular formula is C17H20F2N2O2. The number of anilines is 1. The quantitative estimate of drug-likeness (QED) is 0.870. The van der Waals surface area contributed by atoms with Crippen LogP contribution < -0.4 is 5.32 Å². The SMILES string of the molecule is O=C(Nc1c(F)cccc1F)C1(C(=O)N2CCCCCC2)CC1. The van der Waals surface area contributed by atoms with E-state index in [1.54, 1.807) is 4.90 Å². The van der Waals surface area contributed by atoms with Crippen LogP contribution in [0.25, 0.3) is 0 Å². The largest absolute Gasteiger partial charge is 0.342 e. The van der Waals surface area contributed by atoms with Crippen molar-refractivity contribution in [2.24, 2.45) is 5.41 Å². The third-order valence-corrected chi connectivity index (χ3v) is 4.69. The molecule has 1 N–H and O–H groups in total. The predicted octanol–water partition coefficient (Wildman–Crippen LogP) is 3.09. The van der Waals surface area contributed by atoms with Gasteiger partial charge in [0, 0.05) is 13.1 Å². The fraction of sp³-hybridized carbons (Fsp3) is 0.529. The number of rotatable bonds is 3. The van der Waals surface area contributed by atoms with Gasteiger partial charge in [-0.1, -0.05) is 18.9 Å². The van der Waals surface area contributed by atoms with Crippen LogP contribution >= 0.6 is 0 Å². The highest BCUT2D eigenvalue weighted by molar-refractivity contribution is 6.13. The Hall–Kier alpha value is -1.98. The molecule has 1 aromatic rings. The van der Waals surface area contributed by atoms with Crippen LogP contribution in [-0.2, 0) is 9.59 Å². The predicted molar refractivity (Wildman–Crippen MR) is 81.7 cm³/mol. The average molecular weight is 322 g/mol. The second-order valence-corrected chi connectivity index (χ2v) is 6.34. The molecule has 3 rings (SSSR count). The highest BCUT2D eigenvalue weighted by Gasteiger charge is 2.58. The number of nitrogens with one attached hydrogen (secondary N) is 1. The summed E-state index contributed by atoms with van der Waals surface area (Å²) in [6.45, 7) is 1.31. The molecule has 0 aromatic heterocycles. The molecule has 2 aliphatic rings. The summed E-state index contributed by atoms with van der Waals surface area (Å²) in [5.74, 6) is -2.47. The number of benzene rings is 1. The molecule has 0 spiro atoms. The number of carbonyl (C=O) groups is 2. The van der Waals surface area contributed by atoms with Crippen LogP contribution in [0.2, 0.25) is 0 Å². The lowest BCUT2D eigenvalue weighted by Crippen LogP contribution is -2.43. The zero-order chi connectivity index (χ0) is 16.4.